The maximum Gasteiger partial charge on any atom is 0.326 e. The van der Waals surface area contributed by atoms with E-state index in [-0.39, 0.29) is 17.6 Å². The zero-order valence-corrected chi connectivity index (χ0v) is 16.4. The number of rotatable bonds is 3. The fourth-order valence-electron chi connectivity index (χ4n) is 3.57. The lowest BCUT2D eigenvalue weighted by Crippen LogP contribution is -2.25. The molecule has 5 aromatic rings. The van der Waals surface area contributed by atoms with Crippen LogP contribution in [0.5, 0.6) is 5.88 Å². The lowest BCUT2D eigenvalue weighted by atomic mass is 10.3. The molecule has 4 aromatic heterocycles. The second kappa shape index (κ2) is 6.36. The molecule has 0 amide bonds. The summed E-state index contributed by atoms with van der Waals surface area (Å²) in [6.07, 6.45) is 5.24. The average Bonchev–Trinajstić information content (AvgIpc) is 3.23. The van der Waals surface area contributed by atoms with E-state index in [0.717, 1.165) is 29.7 Å². The number of hydrogen-bond acceptors (Lipinski definition) is 7. The monoisotopic (exact) mass is 415 g/mol. The molecule has 1 aromatic carbocycles. The van der Waals surface area contributed by atoms with Crippen molar-refractivity contribution >= 4 is 22.8 Å². The van der Waals surface area contributed by atoms with Gasteiger partial charge in [-0.15, -0.1) is 0 Å². The fraction of sp³-hybridized carbons (Fsp3) is 0.200. The molecule has 1 fully saturated rings. The standard InChI is InChI=1S/C20H17N9O2/c1-10-22-13-4-2-3-5-15(13)28(10)18-25-16-11(8-14-17(30)26-20(31)24-14)9-21-29(16)19(27-18)23-12-6-7-12/h2-5,8-9,12,30H,6-7H2,1H3,(H2,24,26,31). The molecule has 3 N–H and O–H groups in total. The van der Waals surface area contributed by atoms with Gasteiger partial charge < -0.3 is 10.1 Å². The highest BCUT2D eigenvalue weighted by Gasteiger charge is 2.21. The van der Waals surface area contributed by atoms with Crippen LogP contribution in [0.25, 0.3) is 28.7 Å². The zero-order valence-electron chi connectivity index (χ0n) is 16.4. The average molecular weight is 415 g/mol. The summed E-state index contributed by atoms with van der Waals surface area (Å²) in [5.74, 6) is 0.929. The molecule has 4 heterocycles. The minimum atomic E-state index is -0.500. The third-order valence-corrected chi connectivity index (χ3v) is 5.17. The first-order valence-electron chi connectivity index (χ1n) is 9.84. The van der Waals surface area contributed by atoms with Crippen LogP contribution in [0.15, 0.2) is 40.2 Å². The van der Waals surface area contributed by atoms with E-state index in [2.05, 4.69) is 20.1 Å². The van der Waals surface area contributed by atoms with E-state index >= 15 is 0 Å². The van der Waals surface area contributed by atoms with Gasteiger partial charge in [-0.05, 0) is 38.0 Å². The Bertz CT molecular complexity index is 1650. The predicted octanol–water partition coefficient (Wildman–Crippen LogP) is 0.104. The van der Waals surface area contributed by atoms with Crippen molar-refractivity contribution in [1.29, 1.82) is 0 Å². The third kappa shape index (κ3) is 2.89. The Hall–Kier alpha value is -4.28. The number of aromatic hydroxyl groups is 1. The summed E-state index contributed by atoms with van der Waals surface area (Å²) in [6.45, 7) is 1.90. The highest BCUT2D eigenvalue weighted by atomic mass is 16.3. The Morgan fingerprint density at radius 3 is 2.81 bits per heavy atom. The SMILES string of the molecule is Cc1nc2ccccc2n1-c1nc(=NC2CC2)n2ncc(=Cc3[nH]c(=O)[nH]c3O)c2n1. The minimum absolute atomic E-state index is 0.230. The molecular weight excluding hydrogens is 398 g/mol. The van der Waals surface area contributed by atoms with Crippen molar-refractivity contribution in [3.63, 3.8) is 0 Å². The number of hydrogen-bond donors (Lipinski definition) is 3. The Kier molecular flexibility index (Phi) is 3.60. The minimum Gasteiger partial charge on any atom is -0.493 e. The maximum absolute atomic E-state index is 11.5. The van der Waals surface area contributed by atoms with Crippen LogP contribution in [0.4, 0.5) is 0 Å². The number of benzene rings is 1. The number of para-hydroxylation sites is 2. The summed E-state index contributed by atoms with van der Waals surface area (Å²) in [5, 5.41) is 14.9. The molecule has 0 radical (unpaired) electrons. The number of nitrogens with one attached hydrogen (secondary N) is 2. The van der Waals surface area contributed by atoms with Crippen LogP contribution in [-0.4, -0.2) is 50.2 Å². The largest absolute Gasteiger partial charge is 0.493 e. The lowest BCUT2D eigenvalue weighted by Gasteiger charge is -2.05. The maximum atomic E-state index is 11.5. The van der Waals surface area contributed by atoms with Crippen LogP contribution in [0.2, 0.25) is 0 Å². The van der Waals surface area contributed by atoms with Crippen LogP contribution < -0.4 is 16.5 Å². The molecule has 6 rings (SSSR count). The van der Waals surface area contributed by atoms with Crippen molar-refractivity contribution in [2.45, 2.75) is 25.8 Å². The number of imidazole rings is 2. The highest BCUT2D eigenvalue weighted by molar-refractivity contribution is 5.77. The van der Waals surface area contributed by atoms with Gasteiger partial charge in [0, 0.05) is 5.22 Å². The molecule has 1 aliphatic carbocycles. The van der Waals surface area contributed by atoms with E-state index < -0.39 is 5.69 Å². The second-order valence-corrected chi connectivity index (χ2v) is 7.49. The summed E-state index contributed by atoms with van der Waals surface area (Å²) in [6, 6.07) is 8.01. The molecule has 11 nitrogen and oxygen atoms in total. The zero-order chi connectivity index (χ0) is 21.1. The van der Waals surface area contributed by atoms with E-state index in [1.165, 1.54) is 0 Å². The molecule has 1 aliphatic rings. The quantitative estimate of drug-likeness (QED) is 0.382. The number of aromatic nitrogens is 8. The molecule has 31 heavy (non-hydrogen) atoms. The molecule has 0 saturated heterocycles. The van der Waals surface area contributed by atoms with E-state index in [0.29, 0.717) is 22.4 Å². The Morgan fingerprint density at radius 2 is 2.03 bits per heavy atom. The van der Waals surface area contributed by atoms with Gasteiger partial charge in [0.2, 0.25) is 11.8 Å². The van der Waals surface area contributed by atoms with Crippen molar-refractivity contribution in [1.82, 2.24) is 39.1 Å². The summed E-state index contributed by atoms with van der Waals surface area (Å²) < 4.78 is 3.46. The number of fused-ring (bicyclic) bond motifs is 2. The summed E-state index contributed by atoms with van der Waals surface area (Å²) in [4.78, 5) is 35.1. The van der Waals surface area contributed by atoms with Gasteiger partial charge in [-0.25, -0.2) is 14.8 Å². The van der Waals surface area contributed by atoms with Gasteiger partial charge in [0.25, 0.3) is 5.62 Å². The number of aryl methyl sites for hydroxylation is 1. The smallest absolute Gasteiger partial charge is 0.326 e. The summed E-state index contributed by atoms with van der Waals surface area (Å²) in [7, 11) is 0. The molecule has 0 aliphatic heterocycles. The second-order valence-electron chi connectivity index (χ2n) is 7.49. The van der Waals surface area contributed by atoms with Gasteiger partial charge in [0.15, 0.2) is 5.65 Å². The molecular formula is C20H17N9O2. The van der Waals surface area contributed by atoms with Gasteiger partial charge in [-0.3, -0.25) is 9.55 Å². The van der Waals surface area contributed by atoms with Crippen LogP contribution in [0.1, 0.15) is 24.4 Å². The predicted molar refractivity (Wildman–Crippen MR) is 111 cm³/mol. The number of aromatic amines is 2. The van der Waals surface area contributed by atoms with Gasteiger partial charge >= 0.3 is 5.69 Å². The summed E-state index contributed by atoms with van der Waals surface area (Å²) in [5.41, 5.74) is 2.43. The topological polar surface area (TPSA) is 142 Å². The van der Waals surface area contributed by atoms with E-state index in [1.807, 2.05) is 35.8 Å². The van der Waals surface area contributed by atoms with Gasteiger partial charge in [0.1, 0.15) is 11.5 Å². The summed E-state index contributed by atoms with van der Waals surface area (Å²) >= 11 is 0. The highest BCUT2D eigenvalue weighted by Crippen LogP contribution is 2.22. The molecule has 11 heteroatoms. The van der Waals surface area contributed by atoms with Crippen LogP contribution >= 0.6 is 0 Å². The molecule has 0 atom stereocenters. The van der Waals surface area contributed by atoms with Crippen molar-refractivity contribution in [2.24, 2.45) is 4.99 Å². The van der Waals surface area contributed by atoms with Gasteiger partial charge in [-0.1, -0.05) is 12.1 Å². The molecule has 0 bridgehead atoms. The van der Waals surface area contributed by atoms with Crippen LogP contribution in [0, 0.1) is 6.92 Å². The number of H-pyrrole nitrogens is 2. The fourth-order valence-corrected chi connectivity index (χ4v) is 3.57. The first kappa shape index (κ1) is 17.6. The van der Waals surface area contributed by atoms with E-state index in [1.54, 1.807) is 16.8 Å². The van der Waals surface area contributed by atoms with Crippen molar-refractivity contribution in [2.75, 3.05) is 0 Å². The molecule has 0 spiro atoms. The van der Waals surface area contributed by atoms with Crippen molar-refractivity contribution < 1.29 is 5.11 Å². The lowest BCUT2D eigenvalue weighted by molar-refractivity contribution is 0.454. The Balaban J connectivity index is 1.67. The Morgan fingerprint density at radius 1 is 1.19 bits per heavy atom. The number of nitrogens with zero attached hydrogens (tertiary/aromatic N) is 7. The third-order valence-electron chi connectivity index (χ3n) is 5.17. The van der Waals surface area contributed by atoms with Crippen LogP contribution in [-0.2, 0) is 0 Å². The van der Waals surface area contributed by atoms with Crippen molar-refractivity contribution in [3.8, 4) is 11.8 Å². The van der Waals surface area contributed by atoms with E-state index in [9.17, 15) is 9.90 Å². The van der Waals surface area contributed by atoms with Crippen molar-refractivity contribution in [3.05, 3.63) is 63.3 Å². The van der Waals surface area contributed by atoms with Gasteiger partial charge in [0.05, 0.1) is 23.3 Å². The van der Waals surface area contributed by atoms with Gasteiger partial charge in [-0.2, -0.15) is 19.6 Å². The normalized spacial score (nSPS) is 15.5. The van der Waals surface area contributed by atoms with E-state index in [4.69, 9.17) is 15.0 Å². The first-order chi connectivity index (χ1) is 15.1. The first-order valence-corrected chi connectivity index (χ1v) is 9.84. The van der Waals surface area contributed by atoms with Crippen LogP contribution in [0.3, 0.4) is 0 Å². The Labute approximate surface area is 173 Å². The molecule has 0 unspecified atom stereocenters. The molecule has 154 valence electrons. The molecule has 1 saturated carbocycles.